The van der Waals surface area contributed by atoms with Crippen molar-refractivity contribution in [3.8, 4) is 0 Å². The molecule has 0 spiro atoms. The molecule has 19 nitrogen and oxygen atoms in total. The number of hydrogen-bond acceptors (Lipinski definition) is 16. The van der Waals surface area contributed by atoms with Gasteiger partial charge in [0, 0.05) is 20.8 Å². The van der Waals surface area contributed by atoms with Gasteiger partial charge in [0.05, 0.1) is 19.8 Å². The summed E-state index contributed by atoms with van der Waals surface area (Å²) in [7, 11) is 0. The zero-order chi connectivity index (χ0) is 32.2. The van der Waals surface area contributed by atoms with Crippen molar-refractivity contribution >= 4 is 17.7 Å². The topological polar surface area (TPSA) is 295 Å². The molecule has 19 heteroatoms. The van der Waals surface area contributed by atoms with E-state index in [0.29, 0.717) is 0 Å². The van der Waals surface area contributed by atoms with Crippen molar-refractivity contribution in [2.24, 2.45) is 0 Å². The molecule has 3 rings (SSSR count). The Hall–Kier alpha value is -2.11. The van der Waals surface area contributed by atoms with Crippen molar-refractivity contribution in [1.82, 2.24) is 16.0 Å². The molecule has 3 aliphatic rings. The molecular formula is C24H41N3O16. The molecule has 0 saturated carbocycles. The van der Waals surface area contributed by atoms with Crippen molar-refractivity contribution < 1.29 is 78.9 Å². The summed E-state index contributed by atoms with van der Waals surface area (Å²) in [5.41, 5.74) is 0. The van der Waals surface area contributed by atoms with Gasteiger partial charge in [-0.15, -0.1) is 0 Å². The molecule has 0 aromatic carbocycles. The molecule has 0 radical (unpaired) electrons. The smallest absolute Gasteiger partial charge is 0.217 e. The van der Waals surface area contributed by atoms with E-state index in [1.807, 2.05) is 0 Å². The van der Waals surface area contributed by atoms with E-state index in [9.17, 15) is 55.2 Å². The molecule has 3 heterocycles. The summed E-state index contributed by atoms with van der Waals surface area (Å²) >= 11 is 0. The summed E-state index contributed by atoms with van der Waals surface area (Å²) in [6.07, 6.45) is -19.0. The number of ether oxygens (including phenoxy) is 5. The van der Waals surface area contributed by atoms with Gasteiger partial charge in [-0.3, -0.25) is 14.4 Å². The van der Waals surface area contributed by atoms with Gasteiger partial charge in [0.25, 0.3) is 0 Å². The summed E-state index contributed by atoms with van der Waals surface area (Å²) < 4.78 is 28.3. The number of carbonyl (C=O) groups excluding carboxylic acids is 3. The molecule has 15 atom stereocenters. The number of rotatable bonds is 10. The highest BCUT2D eigenvalue weighted by atomic mass is 16.7. The van der Waals surface area contributed by atoms with Crippen LogP contribution in [0.2, 0.25) is 0 Å². The Labute approximate surface area is 245 Å². The number of aliphatic hydroxyl groups is 8. The minimum absolute atomic E-state index is 0.628. The lowest BCUT2D eigenvalue weighted by molar-refractivity contribution is -0.351. The normalized spacial score (nSPS) is 43.5. The van der Waals surface area contributed by atoms with E-state index in [4.69, 9.17) is 23.7 Å². The van der Waals surface area contributed by atoms with Gasteiger partial charge < -0.3 is 80.5 Å². The standard InChI is InChI=1S/C24H41N3O16/c1-7(31)25-13-18(36)20(11(5-29)39-22(13)38)42-24-15(27-9(3)33)19(37)21(12(6-30)41-24)43-23-14(26-8(2)32)17(35)16(34)10(4-28)40-23/h10-24,28-30,34-38H,4-6H2,1-3H3,(H,25,31)(H,26,32)(H,27,33)/t10-,11-,12-,13-,14-,15-,16-,17-,18-,19-,20+,21+,22-,23+,24+/m1/s1. The van der Waals surface area contributed by atoms with E-state index >= 15 is 0 Å². The molecule has 0 aromatic heterocycles. The molecule has 0 bridgehead atoms. The minimum Gasteiger partial charge on any atom is -0.394 e. The second-order valence-corrected chi connectivity index (χ2v) is 10.5. The maximum Gasteiger partial charge on any atom is 0.217 e. The van der Waals surface area contributed by atoms with Gasteiger partial charge in [-0.2, -0.15) is 0 Å². The van der Waals surface area contributed by atoms with E-state index in [1.54, 1.807) is 0 Å². The van der Waals surface area contributed by atoms with Gasteiger partial charge in [0.1, 0.15) is 73.1 Å². The third-order valence-corrected chi connectivity index (χ3v) is 7.30. The number of nitrogens with one attached hydrogen (secondary N) is 3. The Morgan fingerprint density at radius 2 is 0.930 bits per heavy atom. The Morgan fingerprint density at radius 3 is 1.37 bits per heavy atom. The summed E-state index contributed by atoms with van der Waals surface area (Å²) in [6, 6.07) is -4.31. The maximum atomic E-state index is 12.1. The molecule has 43 heavy (non-hydrogen) atoms. The number of carbonyl (C=O) groups is 3. The van der Waals surface area contributed by atoms with E-state index in [0.717, 1.165) is 20.8 Å². The highest BCUT2D eigenvalue weighted by Gasteiger charge is 2.54. The zero-order valence-corrected chi connectivity index (χ0v) is 23.6. The lowest BCUT2D eigenvalue weighted by Crippen LogP contribution is -2.71. The summed E-state index contributed by atoms with van der Waals surface area (Å²) in [5.74, 6) is -1.96. The van der Waals surface area contributed by atoms with E-state index in [1.165, 1.54) is 0 Å². The number of aliphatic hydroxyl groups excluding tert-OH is 8. The predicted octanol–water partition coefficient (Wildman–Crippen LogP) is -7.14. The van der Waals surface area contributed by atoms with Crippen molar-refractivity contribution in [2.45, 2.75) is 113 Å². The van der Waals surface area contributed by atoms with E-state index in [-0.39, 0.29) is 0 Å². The van der Waals surface area contributed by atoms with Crippen molar-refractivity contribution in [3.63, 3.8) is 0 Å². The molecule has 3 amide bonds. The number of hydrogen-bond donors (Lipinski definition) is 11. The van der Waals surface area contributed by atoms with Gasteiger partial charge in [-0.05, 0) is 0 Å². The third-order valence-electron chi connectivity index (χ3n) is 7.30. The lowest BCUT2D eigenvalue weighted by atomic mass is 9.93. The highest BCUT2D eigenvalue weighted by Crippen LogP contribution is 2.32. The van der Waals surface area contributed by atoms with E-state index < -0.39 is 129 Å². The molecular weight excluding hydrogens is 586 g/mol. The first-order chi connectivity index (χ1) is 20.2. The molecule has 11 N–H and O–H groups in total. The Balaban J connectivity index is 1.89. The van der Waals surface area contributed by atoms with Crippen LogP contribution in [-0.2, 0) is 38.1 Å². The summed E-state index contributed by atoms with van der Waals surface area (Å²) in [4.78, 5) is 35.5. The molecule has 0 aliphatic carbocycles. The summed E-state index contributed by atoms with van der Waals surface area (Å²) in [5, 5.41) is 90.0. The van der Waals surface area contributed by atoms with Crippen LogP contribution in [0.3, 0.4) is 0 Å². The maximum absolute atomic E-state index is 12.1. The quantitative estimate of drug-likeness (QED) is 0.107. The van der Waals surface area contributed by atoms with Crippen LogP contribution in [0.15, 0.2) is 0 Å². The van der Waals surface area contributed by atoms with Gasteiger partial charge in [0.15, 0.2) is 18.9 Å². The van der Waals surface area contributed by atoms with Gasteiger partial charge in [-0.1, -0.05) is 0 Å². The Kier molecular flexibility index (Phi) is 12.5. The first-order valence-corrected chi connectivity index (χ1v) is 13.5. The van der Waals surface area contributed by atoms with Crippen LogP contribution in [0.1, 0.15) is 20.8 Å². The molecule has 0 unspecified atom stereocenters. The second-order valence-electron chi connectivity index (χ2n) is 10.5. The fourth-order valence-electron chi connectivity index (χ4n) is 5.28. The van der Waals surface area contributed by atoms with E-state index in [2.05, 4.69) is 16.0 Å². The molecule has 3 aliphatic heterocycles. The van der Waals surface area contributed by atoms with Crippen LogP contribution in [0.4, 0.5) is 0 Å². The first kappa shape index (κ1) is 35.4. The van der Waals surface area contributed by atoms with Crippen LogP contribution in [-0.4, -0.2) is 170 Å². The van der Waals surface area contributed by atoms with Crippen LogP contribution >= 0.6 is 0 Å². The van der Waals surface area contributed by atoms with Crippen LogP contribution in [0.5, 0.6) is 0 Å². The fraction of sp³-hybridized carbons (Fsp3) is 0.875. The van der Waals surface area contributed by atoms with Gasteiger partial charge in [-0.25, -0.2) is 0 Å². The summed E-state index contributed by atoms with van der Waals surface area (Å²) in [6.45, 7) is 0.995. The number of amides is 3. The first-order valence-electron chi connectivity index (χ1n) is 13.5. The SMILES string of the molecule is CC(=O)N[C@@H]1[C@@H](O)[C@@H](O[C@@H]2O[C@H](CO)[C@H](O[C@@H]3O[C@H](CO)[C@@H](O)[C@H](O)[C@H]3NC(C)=O)[C@H](O)[C@H]2NC(C)=O)[C@@H](CO)O[C@H]1O. The van der Waals surface area contributed by atoms with Crippen LogP contribution in [0.25, 0.3) is 0 Å². The average molecular weight is 628 g/mol. The largest absolute Gasteiger partial charge is 0.394 e. The fourth-order valence-corrected chi connectivity index (χ4v) is 5.28. The Morgan fingerprint density at radius 1 is 0.558 bits per heavy atom. The Bertz CT molecular complexity index is 962. The lowest BCUT2D eigenvalue weighted by Gasteiger charge is -2.49. The average Bonchev–Trinajstić information content (AvgIpc) is 2.94. The second kappa shape index (κ2) is 15.3. The molecule has 3 fully saturated rings. The van der Waals surface area contributed by atoms with Gasteiger partial charge in [0.2, 0.25) is 17.7 Å². The van der Waals surface area contributed by atoms with Crippen molar-refractivity contribution in [1.29, 1.82) is 0 Å². The molecule has 0 aromatic rings. The van der Waals surface area contributed by atoms with Crippen LogP contribution in [0, 0.1) is 0 Å². The molecule has 248 valence electrons. The molecule has 3 saturated heterocycles. The predicted molar refractivity (Wildman–Crippen MR) is 136 cm³/mol. The van der Waals surface area contributed by atoms with Crippen molar-refractivity contribution in [3.05, 3.63) is 0 Å². The van der Waals surface area contributed by atoms with Crippen LogP contribution < -0.4 is 16.0 Å². The highest BCUT2D eigenvalue weighted by molar-refractivity contribution is 5.74. The van der Waals surface area contributed by atoms with Crippen molar-refractivity contribution in [2.75, 3.05) is 19.8 Å². The zero-order valence-electron chi connectivity index (χ0n) is 23.6. The third kappa shape index (κ3) is 8.14. The monoisotopic (exact) mass is 627 g/mol. The minimum atomic E-state index is -1.77. The van der Waals surface area contributed by atoms with Gasteiger partial charge >= 0.3 is 0 Å².